The van der Waals surface area contributed by atoms with E-state index in [1.54, 1.807) is 7.11 Å². The van der Waals surface area contributed by atoms with Crippen molar-refractivity contribution >= 4 is 12.4 Å². The molecule has 4 rings (SSSR count). The first-order valence-electron chi connectivity index (χ1n) is 8.38. The molecule has 1 unspecified atom stereocenters. The van der Waals surface area contributed by atoms with Crippen LogP contribution in [0.1, 0.15) is 18.4 Å². The highest BCUT2D eigenvalue weighted by Gasteiger charge is 2.40. The van der Waals surface area contributed by atoms with E-state index in [1.165, 1.54) is 44.6 Å². The van der Waals surface area contributed by atoms with Crippen molar-refractivity contribution in [3.63, 3.8) is 0 Å². The summed E-state index contributed by atoms with van der Waals surface area (Å²) in [5.41, 5.74) is 4.08. The highest BCUT2D eigenvalue weighted by Crippen LogP contribution is 2.37. The first-order valence-corrected chi connectivity index (χ1v) is 8.38. The van der Waals surface area contributed by atoms with E-state index in [-0.39, 0.29) is 12.4 Å². The van der Waals surface area contributed by atoms with Crippen LogP contribution in [0.15, 0.2) is 30.5 Å². The molecule has 2 aliphatic rings. The minimum absolute atomic E-state index is 0. The molecule has 0 saturated carbocycles. The molecule has 1 aromatic heterocycles. The Labute approximate surface area is 149 Å². The molecule has 24 heavy (non-hydrogen) atoms. The molecule has 5 nitrogen and oxygen atoms in total. The summed E-state index contributed by atoms with van der Waals surface area (Å²) in [6, 6.07) is 8.16. The number of ether oxygens (including phenoxy) is 1. The zero-order chi connectivity index (χ0) is 15.7. The van der Waals surface area contributed by atoms with E-state index >= 15 is 0 Å². The second-order valence-electron chi connectivity index (χ2n) is 6.89. The summed E-state index contributed by atoms with van der Waals surface area (Å²) < 4.78 is 5.24. The van der Waals surface area contributed by atoms with Crippen LogP contribution in [-0.4, -0.2) is 48.4 Å². The Kier molecular flexibility index (Phi) is 5.13. The van der Waals surface area contributed by atoms with E-state index in [9.17, 15) is 0 Å². The van der Waals surface area contributed by atoms with E-state index < -0.39 is 0 Å². The maximum atomic E-state index is 5.24. The van der Waals surface area contributed by atoms with Gasteiger partial charge < -0.3 is 10.1 Å². The Morgan fingerprint density at radius 3 is 2.79 bits per heavy atom. The summed E-state index contributed by atoms with van der Waals surface area (Å²) in [6.07, 6.45) is 4.60. The van der Waals surface area contributed by atoms with Crippen LogP contribution < -0.4 is 10.1 Å². The topological polar surface area (TPSA) is 53.2 Å². The Morgan fingerprint density at radius 2 is 2.08 bits per heavy atom. The molecule has 0 amide bonds. The molecule has 130 valence electrons. The molecule has 0 radical (unpaired) electrons. The SMILES string of the molecule is COc1ccc(-c2[nH]ncc2CN2CCC3(CCNC3)C2)cc1.Cl. The van der Waals surface area contributed by atoms with Crippen molar-refractivity contribution in [2.24, 2.45) is 5.41 Å². The van der Waals surface area contributed by atoms with Gasteiger partial charge in [-0.1, -0.05) is 0 Å². The fraction of sp³-hybridized carbons (Fsp3) is 0.500. The first kappa shape index (κ1) is 17.3. The number of hydrogen-bond acceptors (Lipinski definition) is 4. The predicted octanol–water partition coefficient (Wildman–Crippen LogP) is 2.69. The van der Waals surface area contributed by atoms with Crippen LogP contribution in [-0.2, 0) is 6.54 Å². The number of aromatic nitrogens is 2. The molecular formula is C18H25ClN4O. The number of rotatable bonds is 4. The van der Waals surface area contributed by atoms with E-state index in [2.05, 4.69) is 32.5 Å². The van der Waals surface area contributed by atoms with Gasteiger partial charge >= 0.3 is 0 Å². The van der Waals surface area contributed by atoms with Gasteiger partial charge in [0.05, 0.1) is 19.0 Å². The lowest BCUT2D eigenvalue weighted by Crippen LogP contribution is -2.28. The first-order chi connectivity index (χ1) is 11.3. The largest absolute Gasteiger partial charge is 0.497 e. The van der Waals surface area contributed by atoms with Crippen molar-refractivity contribution in [3.05, 3.63) is 36.0 Å². The summed E-state index contributed by atoms with van der Waals surface area (Å²) in [7, 11) is 1.69. The number of likely N-dealkylation sites (tertiary alicyclic amines) is 1. The fourth-order valence-electron chi connectivity index (χ4n) is 3.99. The quantitative estimate of drug-likeness (QED) is 0.892. The van der Waals surface area contributed by atoms with Crippen molar-refractivity contribution in [1.29, 1.82) is 0 Å². The standard InChI is InChI=1S/C18H24N4O.ClH/c1-23-16-4-2-14(3-5-16)17-15(10-20-21-17)11-22-9-7-18(13-22)6-8-19-12-18;/h2-5,10,19H,6-9,11-13H2,1H3,(H,20,21);1H. The molecule has 0 aliphatic carbocycles. The minimum atomic E-state index is 0. The molecule has 2 fully saturated rings. The van der Waals surface area contributed by atoms with E-state index in [4.69, 9.17) is 4.74 Å². The second kappa shape index (κ2) is 7.13. The van der Waals surface area contributed by atoms with Gasteiger partial charge in [-0.05, 0) is 55.6 Å². The van der Waals surface area contributed by atoms with Crippen LogP contribution >= 0.6 is 12.4 Å². The molecule has 6 heteroatoms. The van der Waals surface area contributed by atoms with Gasteiger partial charge in [-0.15, -0.1) is 12.4 Å². The zero-order valence-corrected chi connectivity index (χ0v) is 14.9. The van der Waals surface area contributed by atoms with Crippen molar-refractivity contribution in [2.45, 2.75) is 19.4 Å². The molecular weight excluding hydrogens is 324 g/mol. The lowest BCUT2D eigenvalue weighted by atomic mass is 9.86. The highest BCUT2D eigenvalue weighted by molar-refractivity contribution is 5.85. The van der Waals surface area contributed by atoms with E-state index in [1.807, 2.05) is 18.3 Å². The number of benzene rings is 1. The molecule has 2 N–H and O–H groups in total. The number of halogens is 1. The maximum Gasteiger partial charge on any atom is 0.118 e. The molecule has 2 aromatic rings. The maximum absolute atomic E-state index is 5.24. The third-order valence-corrected chi connectivity index (χ3v) is 5.34. The molecule has 2 saturated heterocycles. The average Bonchev–Trinajstić information content (AvgIpc) is 3.31. The van der Waals surface area contributed by atoms with Gasteiger partial charge in [-0.2, -0.15) is 5.10 Å². The second-order valence-corrected chi connectivity index (χ2v) is 6.89. The summed E-state index contributed by atoms with van der Waals surface area (Å²) in [5, 5.41) is 11.0. The summed E-state index contributed by atoms with van der Waals surface area (Å²) in [4.78, 5) is 2.57. The van der Waals surface area contributed by atoms with Gasteiger partial charge in [-0.3, -0.25) is 10.00 Å². The number of methoxy groups -OCH3 is 1. The Hall–Kier alpha value is -1.56. The summed E-state index contributed by atoms with van der Waals surface area (Å²) in [5.74, 6) is 0.880. The Morgan fingerprint density at radius 1 is 1.25 bits per heavy atom. The van der Waals surface area contributed by atoms with Crippen molar-refractivity contribution < 1.29 is 4.74 Å². The molecule has 3 heterocycles. The molecule has 1 atom stereocenters. The molecule has 0 bridgehead atoms. The highest BCUT2D eigenvalue weighted by atomic mass is 35.5. The van der Waals surface area contributed by atoms with Crippen LogP contribution in [0, 0.1) is 5.41 Å². The van der Waals surface area contributed by atoms with E-state index in [0.717, 1.165) is 23.6 Å². The smallest absolute Gasteiger partial charge is 0.118 e. The normalized spacial score (nSPS) is 23.5. The van der Waals surface area contributed by atoms with Crippen molar-refractivity contribution in [2.75, 3.05) is 33.3 Å². The number of nitrogens with one attached hydrogen (secondary N) is 2. The van der Waals surface area contributed by atoms with Crippen molar-refractivity contribution in [1.82, 2.24) is 20.4 Å². The number of nitrogens with zero attached hydrogens (tertiary/aromatic N) is 2. The minimum Gasteiger partial charge on any atom is -0.497 e. The number of H-pyrrole nitrogens is 1. The number of hydrogen-bond donors (Lipinski definition) is 2. The van der Waals surface area contributed by atoms with Gasteiger partial charge in [-0.25, -0.2) is 0 Å². The van der Waals surface area contributed by atoms with E-state index in [0.29, 0.717) is 5.41 Å². The Bertz CT molecular complexity index is 664. The lowest BCUT2D eigenvalue weighted by molar-refractivity contribution is 0.269. The van der Waals surface area contributed by atoms with Crippen LogP contribution in [0.5, 0.6) is 5.75 Å². The van der Waals surface area contributed by atoms with Crippen LogP contribution in [0.3, 0.4) is 0 Å². The third kappa shape index (κ3) is 3.29. The number of aromatic amines is 1. The fourth-order valence-corrected chi connectivity index (χ4v) is 3.99. The summed E-state index contributed by atoms with van der Waals surface area (Å²) >= 11 is 0. The van der Waals surface area contributed by atoms with Crippen molar-refractivity contribution in [3.8, 4) is 17.0 Å². The lowest BCUT2D eigenvalue weighted by Gasteiger charge is -2.22. The van der Waals surface area contributed by atoms with Gasteiger partial charge in [0.2, 0.25) is 0 Å². The predicted molar refractivity (Wildman–Crippen MR) is 97.6 cm³/mol. The average molecular weight is 349 g/mol. The molecule has 1 spiro atoms. The molecule has 2 aliphatic heterocycles. The van der Waals surface area contributed by atoms with Gasteiger partial charge in [0, 0.05) is 30.8 Å². The third-order valence-electron chi connectivity index (χ3n) is 5.34. The van der Waals surface area contributed by atoms with Gasteiger partial charge in [0.25, 0.3) is 0 Å². The summed E-state index contributed by atoms with van der Waals surface area (Å²) in [6.45, 7) is 5.72. The van der Waals surface area contributed by atoms with Crippen LogP contribution in [0.25, 0.3) is 11.3 Å². The Balaban J connectivity index is 0.00000169. The zero-order valence-electron chi connectivity index (χ0n) is 14.0. The van der Waals surface area contributed by atoms with Crippen LogP contribution in [0.4, 0.5) is 0 Å². The monoisotopic (exact) mass is 348 g/mol. The van der Waals surface area contributed by atoms with Crippen LogP contribution in [0.2, 0.25) is 0 Å². The van der Waals surface area contributed by atoms with Gasteiger partial charge in [0.1, 0.15) is 5.75 Å². The van der Waals surface area contributed by atoms with Gasteiger partial charge in [0.15, 0.2) is 0 Å². The molecule has 1 aromatic carbocycles.